The number of carbonyl (C=O) groups is 1. The lowest BCUT2D eigenvalue weighted by atomic mass is 9.97. The van der Waals surface area contributed by atoms with Gasteiger partial charge in [0, 0.05) is 13.1 Å². The Hall–Kier alpha value is -2.34. The summed E-state index contributed by atoms with van der Waals surface area (Å²) in [6, 6.07) is 9.14. The first kappa shape index (κ1) is 16.5. The van der Waals surface area contributed by atoms with Gasteiger partial charge in [-0.05, 0) is 25.0 Å². The number of halogens is 1. The number of carbonyl (C=O) groups excluding carboxylic acids is 1. The maximum Gasteiger partial charge on any atom is 0.308 e. The summed E-state index contributed by atoms with van der Waals surface area (Å²) in [5, 5.41) is 4.39. The minimum Gasteiger partial charge on any atom is -0.469 e. The van der Waals surface area contributed by atoms with Crippen LogP contribution >= 0.6 is 11.6 Å². The first-order valence-electron chi connectivity index (χ1n) is 7.78. The van der Waals surface area contributed by atoms with Gasteiger partial charge in [-0.3, -0.25) is 9.59 Å². The molecule has 1 fully saturated rings. The van der Waals surface area contributed by atoms with E-state index in [0.717, 1.165) is 0 Å². The van der Waals surface area contributed by atoms with Gasteiger partial charge < -0.3 is 9.64 Å². The van der Waals surface area contributed by atoms with Crippen molar-refractivity contribution in [1.82, 2.24) is 9.78 Å². The predicted molar refractivity (Wildman–Crippen MR) is 91.8 cm³/mol. The Labute approximate surface area is 144 Å². The zero-order valence-corrected chi connectivity index (χ0v) is 14.1. The van der Waals surface area contributed by atoms with Crippen LogP contribution in [0.5, 0.6) is 0 Å². The van der Waals surface area contributed by atoms with Crippen LogP contribution in [0, 0.1) is 5.92 Å². The third-order valence-corrected chi connectivity index (χ3v) is 4.63. The van der Waals surface area contributed by atoms with Crippen LogP contribution in [-0.4, -0.2) is 35.9 Å². The quantitative estimate of drug-likeness (QED) is 0.797. The van der Waals surface area contributed by atoms with Crippen LogP contribution < -0.4 is 10.5 Å². The van der Waals surface area contributed by atoms with Gasteiger partial charge in [0.25, 0.3) is 5.56 Å². The highest BCUT2D eigenvalue weighted by atomic mass is 35.5. The van der Waals surface area contributed by atoms with E-state index in [9.17, 15) is 9.59 Å². The van der Waals surface area contributed by atoms with Crippen molar-refractivity contribution in [2.75, 3.05) is 25.1 Å². The standard InChI is InChI=1S/C17H18ClN3O3/c1-24-17(23)12-7-9-20(10-8-12)14-11-19-21(16(22)15(14)18)13-5-3-2-4-6-13/h2-6,11-12H,7-10H2,1H3. The molecule has 7 heteroatoms. The van der Waals surface area contributed by atoms with Crippen LogP contribution in [0.1, 0.15) is 12.8 Å². The molecule has 0 spiro atoms. The third-order valence-electron chi connectivity index (χ3n) is 4.27. The zero-order chi connectivity index (χ0) is 17.1. The molecule has 126 valence electrons. The third kappa shape index (κ3) is 3.14. The summed E-state index contributed by atoms with van der Waals surface area (Å²) >= 11 is 6.30. The molecule has 3 rings (SSSR count). The maximum absolute atomic E-state index is 12.5. The number of piperidine rings is 1. The van der Waals surface area contributed by atoms with Gasteiger partial charge in [0.15, 0.2) is 0 Å². The van der Waals surface area contributed by atoms with Gasteiger partial charge >= 0.3 is 5.97 Å². The molecule has 6 nitrogen and oxygen atoms in total. The SMILES string of the molecule is COC(=O)C1CCN(c2cnn(-c3ccccc3)c(=O)c2Cl)CC1. The molecule has 0 aliphatic carbocycles. The summed E-state index contributed by atoms with van der Waals surface area (Å²) in [7, 11) is 1.40. The van der Waals surface area contributed by atoms with Crippen molar-refractivity contribution >= 4 is 23.3 Å². The number of aromatic nitrogens is 2. The number of rotatable bonds is 3. The highest BCUT2D eigenvalue weighted by Crippen LogP contribution is 2.27. The van der Waals surface area contributed by atoms with Crippen molar-refractivity contribution < 1.29 is 9.53 Å². The molecule has 0 saturated carbocycles. The fraction of sp³-hybridized carbons (Fsp3) is 0.353. The number of anilines is 1. The Morgan fingerprint density at radius 1 is 1.25 bits per heavy atom. The van der Waals surface area contributed by atoms with Crippen molar-refractivity contribution in [3.05, 3.63) is 51.9 Å². The summed E-state index contributed by atoms with van der Waals surface area (Å²) in [5.41, 5.74) is 0.924. The fourth-order valence-corrected chi connectivity index (χ4v) is 3.17. The summed E-state index contributed by atoms with van der Waals surface area (Å²) in [4.78, 5) is 26.1. The van der Waals surface area contributed by atoms with Gasteiger partial charge in [0.05, 0.1) is 30.6 Å². The topological polar surface area (TPSA) is 64.4 Å². The molecule has 1 aliphatic heterocycles. The van der Waals surface area contributed by atoms with E-state index < -0.39 is 0 Å². The average Bonchev–Trinajstić information content (AvgIpc) is 2.64. The van der Waals surface area contributed by atoms with E-state index >= 15 is 0 Å². The summed E-state index contributed by atoms with van der Waals surface area (Å²) in [5.74, 6) is -0.277. The number of para-hydroxylation sites is 1. The van der Waals surface area contributed by atoms with Crippen LogP contribution in [0.2, 0.25) is 5.02 Å². The molecule has 0 bridgehead atoms. The molecule has 0 radical (unpaired) electrons. The van der Waals surface area contributed by atoms with E-state index in [4.69, 9.17) is 16.3 Å². The maximum atomic E-state index is 12.5. The molecular formula is C17H18ClN3O3. The predicted octanol–water partition coefficient (Wildman–Crippen LogP) is 2.28. The summed E-state index contributed by atoms with van der Waals surface area (Å²) in [6.07, 6.45) is 2.95. The normalized spacial score (nSPS) is 15.3. The van der Waals surface area contributed by atoms with Crippen molar-refractivity contribution in [1.29, 1.82) is 0 Å². The van der Waals surface area contributed by atoms with E-state index in [0.29, 0.717) is 37.3 Å². The molecule has 2 heterocycles. The second kappa shape index (κ2) is 7.05. The van der Waals surface area contributed by atoms with Gasteiger partial charge in [0.2, 0.25) is 0 Å². The number of methoxy groups -OCH3 is 1. The Bertz CT molecular complexity index is 783. The molecule has 0 atom stereocenters. The Kier molecular flexibility index (Phi) is 4.85. The second-order valence-corrected chi connectivity index (χ2v) is 6.06. The molecule has 24 heavy (non-hydrogen) atoms. The van der Waals surface area contributed by atoms with E-state index in [2.05, 4.69) is 5.10 Å². The van der Waals surface area contributed by atoms with Crippen molar-refractivity contribution in [3.8, 4) is 5.69 Å². The van der Waals surface area contributed by atoms with Gasteiger partial charge in [-0.15, -0.1) is 0 Å². The Morgan fingerprint density at radius 2 is 1.92 bits per heavy atom. The molecular weight excluding hydrogens is 330 g/mol. The molecule has 0 unspecified atom stereocenters. The van der Waals surface area contributed by atoms with Crippen molar-refractivity contribution in [2.24, 2.45) is 5.92 Å². The average molecular weight is 348 g/mol. The highest BCUT2D eigenvalue weighted by Gasteiger charge is 2.27. The zero-order valence-electron chi connectivity index (χ0n) is 13.3. The second-order valence-electron chi connectivity index (χ2n) is 5.68. The largest absolute Gasteiger partial charge is 0.469 e. The number of benzene rings is 1. The number of esters is 1. The molecule has 1 aromatic heterocycles. The smallest absolute Gasteiger partial charge is 0.308 e. The lowest BCUT2D eigenvalue weighted by Crippen LogP contribution is -2.38. The molecule has 1 saturated heterocycles. The minimum atomic E-state index is -0.351. The fourth-order valence-electron chi connectivity index (χ4n) is 2.92. The lowest BCUT2D eigenvalue weighted by molar-refractivity contribution is -0.146. The molecule has 0 N–H and O–H groups in total. The van der Waals surface area contributed by atoms with Gasteiger partial charge in [-0.1, -0.05) is 29.8 Å². The van der Waals surface area contributed by atoms with Crippen LogP contribution in [0.15, 0.2) is 41.3 Å². The lowest BCUT2D eigenvalue weighted by Gasteiger charge is -2.32. The van der Waals surface area contributed by atoms with Gasteiger partial charge in [0.1, 0.15) is 5.02 Å². The summed E-state index contributed by atoms with van der Waals surface area (Å²) in [6.45, 7) is 1.27. The molecule has 1 aliphatic rings. The van der Waals surface area contributed by atoms with E-state index in [1.165, 1.54) is 11.8 Å². The Balaban J connectivity index is 1.83. The van der Waals surface area contributed by atoms with Crippen molar-refractivity contribution in [3.63, 3.8) is 0 Å². The van der Waals surface area contributed by atoms with E-state index in [1.54, 1.807) is 18.3 Å². The first-order valence-corrected chi connectivity index (χ1v) is 8.15. The number of hydrogen-bond acceptors (Lipinski definition) is 5. The molecule has 2 aromatic rings. The first-order chi connectivity index (χ1) is 11.6. The van der Waals surface area contributed by atoms with Crippen molar-refractivity contribution in [2.45, 2.75) is 12.8 Å². The minimum absolute atomic E-state index is 0.0947. The number of hydrogen-bond donors (Lipinski definition) is 0. The van der Waals surface area contributed by atoms with Crippen LogP contribution in [-0.2, 0) is 9.53 Å². The van der Waals surface area contributed by atoms with Crippen LogP contribution in [0.3, 0.4) is 0 Å². The van der Waals surface area contributed by atoms with E-state index in [1.807, 2.05) is 23.1 Å². The Morgan fingerprint density at radius 3 is 2.54 bits per heavy atom. The molecule has 0 amide bonds. The monoisotopic (exact) mass is 347 g/mol. The van der Waals surface area contributed by atoms with Gasteiger partial charge in [-0.2, -0.15) is 9.78 Å². The molecule has 1 aromatic carbocycles. The van der Waals surface area contributed by atoms with Crippen LogP contribution in [0.25, 0.3) is 5.69 Å². The summed E-state index contributed by atoms with van der Waals surface area (Å²) < 4.78 is 6.07. The number of ether oxygens (including phenoxy) is 1. The number of nitrogens with zero attached hydrogens (tertiary/aromatic N) is 3. The highest BCUT2D eigenvalue weighted by molar-refractivity contribution is 6.33. The van der Waals surface area contributed by atoms with E-state index in [-0.39, 0.29) is 22.5 Å². The van der Waals surface area contributed by atoms with Gasteiger partial charge in [-0.25, -0.2) is 0 Å². The van der Waals surface area contributed by atoms with Crippen LogP contribution in [0.4, 0.5) is 5.69 Å².